The molecule has 0 fully saturated rings. The summed E-state index contributed by atoms with van der Waals surface area (Å²) in [6, 6.07) is 12.9. The molecule has 0 aromatic heterocycles. The Morgan fingerprint density at radius 1 is 1.11 bits per heavy atom. The molecule has 2 aromatic rings. The second kappa shape index (κ2) is 5.73. The average Bonchev–Trinajstić information content (AvgIpc) is 2.35. The first-order chi connectivity index (χ1) is 8.59. The Hall–Kier alpha value is -1.05. The monoisotopic (exact) mass is 282 g/mol. The van der Waals surface area contributed by atoms with Gasteiger partial charge in [0, 0.05) is 5.56 Å². The van der Waals surface area contributed by atoms with Gasteiger partial charge in [-0.2, -0.15) is 0 Å². The maximum absolute atomic E-state index is 13.8. The summed E-state index contributed by atoms with van der Waals surface area (Å²) in [5.41, 5.74) is 2.73. The van der Waals surface area contributed by atoms with Gasteiger partial charge in [-0.25, -0.2) is 4.39 Å². The highest BCUT2D eigenvalue weighted by Gasteiger charge is 2.16. The summed E-state index contributed by atoms with van der Waals surface area (Å²) in [7, 11) is 0. The lowest BCUT2D eigenvalue weighted by molar-refractivity contribution is 0.606. The minimum Gasteiger partial charge on any atom is -0.205 e. The summed E-state index contributed by atoms with van der Waals surface area (Å²) in [6.45, 7) is 2.02. The van der Waals surface area contributed by atoms with Crippen molar-refractivity contribution >= 4 is 23.2 Å². The van der Waals surface area contributed by atoms with E-state index in [9.17, 15) is 4.39 Å². The third kappa shape index (κ3) is 2.85. The van der Waals surface area contributed by atoms with Crippen LogP contribution in [0.2, 0.25) is 5.02 Å². The lowest BCUT2D eigenvalue weighted by Gasteiger charge is -2.13. The van der Waals surface area contributed by atoms with Crippen LogP contribution in [0.4, 0.5) is 4.39 Å². The Bertz CT molecular complexity index is 552. The molecule has 0 heterocycles. The summed E-state index contributed by atoms with van der Waals surface area (Å²) in [5, 5.41) is -0.298. The van der Waals surface area contributed by atoms with Crippen LogP contribution in [0.15, 0.2) is 42.5 Å². The molecular formula is C15H13Cl2F. The van der Waals surface area contributed by atoms with Crippen LogP contribution in [0.5, 0.6) is 0 Å². The van der Waals surface area contributed by atoms with Crippen molar-refractivity contribution < 1.29 is 4.39 Å². The summed E-state index contributed by atoms with van der Waals surface area (Å²) < 4.78 is 13.8. The zero-order valence-electron chi connectivity index (χ0n) is 9.96. The van der Waals surface area contributed by atoms with E-state index in [0.717, 1.165) is 11.1 Å². The van der Waals surface area contributed by atoms with Crippen LogP contribution >= 0.6 is 23.2 Å². The molecule has 2 rings (SSSR count). The standard InChI is InChI=1S/C15H13Cl2F/c1-10-5-2-3-6-11(10)9-14(17)12-7-4-8-13(16)15(12)18/h2-8,14H,9H2,1H3. The Balaban J connectivity index is 2.25. The van der Waals surface area contributed by atoms with Gasteiger partial charge >= 0.3 is 0 Å². The van der Waals surface area contributed by atoms with Crippen molar-refractivity contribution in [1.29, 1.82) is 0 Å². The minimum atomic E-state index is -0.423. The van der Waals surface area contributed by atoms with Gasteiger partial charge in [0.1, 0.15) is 5.82 Å². The van der Waals surface area contributed by atoms with E-state index in [1.54, 1.807) is 12.1 Å². The van der Waals surface area contributed by atoms with Crippen molar-refractivity contribution in [2.45, 2.75) is 18.7 Å². The number of hydrogen-bond donors (Lipinski definition) is 0. The molecule has 94 valence electrons. The molecular weight excluding hydrogens is 270 g/mol. The van der Waals surface area contributed by atoms with Crippen LogP contribution in [0.1, 0.15) is 22.1 Å². The summed E-state index contributed by atoms with van der Waals surface area (Å²) in [4.78, 5) is 0. The van der Waals surface area contributed by atoms with Gasteiger partial charge in [-0.1, -0.05) is 48.0 Å². The zero-order chi connectivity index (χ0) is 13.1. The highest BCUT2D eigenvalue weighted by Crippen LogP contribution is 2.30. The number of alkyl halides is 1. The van der Waals surface area contributed by atoms with Gasteiger partial charge in [0.25, 0.3) is 0 Å². The number of aryl methyl sites for hydroxylation is 1. The van der Waals surface area contributed by atoms with E-state index < -0.39 is 11.2 Å². The number of rotatable bonds is 3. The molecule has 1 unspecified atom stereocenters. The molecule has 0 amide bonds. The Morgan fingerprint density at radius 2 is 1.83 bits per heavy atom. The molecule has 0 radical (unpaired) electrons. The highest BCUT2D eigenvalue weighted by atomic mass is 35.5. The molecule has 3 heteroatoms. The van der Waals surface area contributed by atoms with Gasteiger partial charge in [0.15, 0.2) is 0 Å². The quantitative estimate of drug-likeness (QED) is 0.669. The predicted molar refractivity (Wildman–Crippen MR) is 74.9 cm³/mol. The van der Waals surface area contributed by atoms with E-state index in [2.05, 4.69) is 0 Å². The molecule has 1 atom stereocenters. The lowest BCUT2D eigenvalue weighted by atomic mass is 10.00. The molecule has 0 saturated carbocycles. The van der Waals surface area contributed by atoms with Crippen molar-refractivity contribution in [3.63, 3.8) is 0 Å². The normalized spacial score (nSPS) is 12.4. The molecule has 0 aliphatic rings. The Labute approximate surface area is 116 Å². The fraction of sp³-hybridized carbons (Fsp3) is 0.200. The van der Waals surface area contributed by atoms with E-state index in [1.165, 1.54) is 6.07 Å². The van der Waals surface area contributed by atoms with Gasteiger partial charge in [0.05, 0.1) is 10.4 Å². The first-order valence-corrected chi connectivity index (χ1v) is 6.53. The van der Waals surface area contributed by atoms with Crippen LogP contribution in [0.3, 0.4) is 0 Å². The van der Waals surface area contributed by atoms with Crippen molar-refractivity contribution in [1.82, 2.24) is 0 Å². The van der Waals surface area contributed by atoms with Crippen molar-refractivity contribution in [3.8, 4) is 0 Å². The van der Waals surface area contributed by atoms with Crippen molar-refractivity contribution in [3.05, 3.63) is 70.0 Å². The lowest BCUT2D eigenvalue weighted by Crippen LogP contribution is -2.01. The summed E-state index contributed by atoms with van der Waals surface area (Å²) in [5.74, 6) is -0.423. The molecule has 0 aliphatic carbocycles. The fourth-order valence-electron chi connectivity index (χ4n) is 1.90. The second-order valence-electron chi connectivity index (χ2n) is 4.24. The molecule has 0 saturated heterocycles. The van der Waals surface area contributed by atoms with Crippen LogP contribution in [0.25, 0.3) is 0 Å². The number of hydrogen-bond acceptors (Lipinski definition) is 0. The van der Waals surface area contributed by atoms with Gasteiger partial charge in [-0.3, -0.25) is 0 Å². The van der Waals surface area contributed by atoms with E-state index in [4.69, 9.17) is 23.2 Å². The van der Waals surface area contributed by atoms with E-state index >= 15 is 0 Å². The van der Waals surface area contributed by atoms with Crippen molar-refractivity contribution in [2.24, 2.45) is 0 Å². The van der Waals surface area contributed by atoms with E-state index in [1.807, 2.05) is 31.2 Å². The van der Waals surface area contributed by atoms with Gasteiger partial charge in [0.2, 0.25) is 0 Å². The van der Waals surface area contributed by atoms with Gasteiger partial charge in [-0.05, 0) is 30.5 Å². The Morgan fingerprint density at radius 3 is 2.56 bits per heavy atom. The largest absolute Gasteiger partial charge is 0.205 e. The van der Waals surface area contributed by atoms with Crippen LogP contribution in [-0.4, -0.2) is 0 Å². The average molecular weight is 283 g/mol. The first-order valence-electron chi connectivity index (χ1n) is 5.72. The summed E-state index contributed by atoms with van der Waals surface area (Å²) in [6.07, 6.45) is 0.589. The maximum atomic E-state index is 13.8. The number of benzene rings is 2. The smallest absolute Gasteiger partial charge is 0.146 e. The van der Waals surface area contributed by atoms with Crippen molar-refractivity contribution in [2.75, 3.05) is 0 Å². The van der Waals surface area contributed by atoms with Gasteiger partial charge in [-0.15, -0.1) is 11.6 Å². The van der Waals surface area contributed by atoms with E-state index in [-0.39, 0.29) is 5.02 Å². The molecule has 0 bridgehead atoms. The molecule has 18 heavy (non-hydrogen) atoms. The molecule has 0 aliphatic heterocycles. The SMILES string of the molecule is Cc1ccccc1CC(Cl)c1cccc(Cl)c1F. The number of halogens is 3. The highest BCUT2D eigenvalue weighted by molar-refractivity contribution is 6.31. The predicted octanol–water partition coefficient (Wildman–Crippen LogP) is 5.31. The topological polar surface area (TPSA) is 0 Å². The van der Waals surface area contributed by atoms with E-state index in [0.29, 0.717) is 12.0 Å². The Kier molecular flexibility index (Phi) is 4.26. The molecule has 0 N–H and O–H groups in total. The molecule has 0 nitrogen and oxygen atoms in total. The fourth-order valence-corrected chi connectivity index (χ4v) is 2.42. The third-order valence-electron chi connectivity index (χ3n) is 2.98. The first kappa shape index (κ1) is 13.4. The zero-order valence-corrected chi connectivity index (χ0v) is 11.5. The molecule has 0 spiro atoms. The van der Waals surface area contributed by atoms with Crippen LogP contribution in [-0.2, 0) is 6.42 Å². The summed E-state index contributed by atoms with van der Waals surface area (Å²) >= 11 is 12.0. The van der Waals surface area contributed by atoms with Crippen LogP contribution in [0, 0.1) is 12.7 Å². The van der Waals surface area contributed by atoms with Gasteiger partial charge < -0.3 is 0 Å². The van der Waals surface area contributed by atoms with Crippen LogP contribution < -0.4 is 0 Å². The molecule has 2 aromatic carbocycles. The maximum Gasteiger partial charge on any atom is 0.146 e. The second-order valence-corrected chi connectivity index (χ2v) is 5.18. The third-order valence-corrected chi connectivity index (χ3v) is 3.66. The minimum absolute atomic E-state index is 0.114.